The number of carbonyl (C=O) groups is 2. The van der Waals surface area contributed by atoms with Crippen LogP contribution >= 0.6 is 0 Å². The number of amides is 2. The molecule has 1 fully saturated rings. The molecule has 0 radical (unpaired) electrons. The first kappa shape index (κ1) is 16.5. The van der Waals surface area contributed by atoms with Crippen molar-refractivity contribution < 1.29 is 14.3 Å². The van der Waals surface area contributed by atoms with Gasteiger partial charge in [0.05, 0.1) is 6.10 Å². The lowest BCUT2D eigenvalue weighted by molar-refractivity contribution is 0.0856. The Morgan fingerprint density at radius 2 is 1.73 bits per heavy atom. The molecule has 22 heavy (non-hydrogen) atoms. The van der Waals surface area contributed by atoms with E-state index in [4.69, 9.17) is 4.74 Å². The van der Waals surface area contributed by atoms with E-state index in [9.17, 15) is 9.59 Å². The maximum atomic E-state index is 12.0. The molecule has 0 spiro atoms. The van der Waals surface area contributed by atoms with Crippen molar-refractivity contribution in [1.29, 1.82) is 0 Å². The van der Waals surface area contributed by atoms with E-state index in [1.807, 2.05) is 20.8 Å². The average molecular weight is 304 g/mol. The number of carbonyl (C=O) groups excluding carboxylic acids is 2. The first-order valence-corrected chi connectivity index (χ1v) is 7.67. The Morgan fingerprint density at radius 3 is 2.23 bits per heavy atom. The summed E-state index contributed by atoms with van der Waals surface area (Å²) in [7, 11) is 0. The molecule has 1 aromatic rings. The van der Waals surface area contributed by atoms with E-state index in [1.54, 1.807) is 24.3 Å². The second kappa shape index (κ2) is 6.92. The van der Waals surface area contributed by atoms with Crippen molar-refractivity contribution in [2.24, 2.45) is 0 Å². The van der Waals surface area contributed by atoms with Crippen LogP contribution in [0.5, 0.6) is 0 Å². The SMILES string of the molecule is CC(C)(C)NC(=O)c1ccc(C(=O)NCC2CCCO2)cc1. The van der Waals surface area contributed by atoms with E-state index in [0.717, 1.165) is 19.4 Å². The first-order chi connectivity index (χ1) is 10.3. The van der Waals surface area contributed by atoms with E-state index in [-0.39, 0.29) is 23.5 Å². The van der Waals surface area contributed by atoms with Gasteiger partial charge in [-0.3, -0.25) is 9.59 Å². The molecule has 1 aliphatic rings. The van der Waals surface area contributed by atoms with E-state index in [1.165, 1.54) is 0 Å². The van der Waals surface area contributed by atoms with Gasteiger partial charge in [-0.1, -0.05) is 0 Å². The summed E-state index contributed by atoms with van der Waals surface area (Å²) in [6.45, 7) is 7.09. The topological polar surface area (TPSA) is 67.4 Å². The minimum Gasteiger partial charge on any atom is -0.376 e. The number of hydrogen-bond donors (Lipinski definition) is 2. The van der Waals surface area contributed by atoms with Crippen molar-refractivity contribution in [3.63, 3.8) is 0 Å². The molecule has 1 atom stereocenters. The Balaban J connectivity index is 1.90. The van der Waals surface area contributed by atoms with Crippen LogP contribution in [0.1, 0.15) is 54.3 Å². The standard InChI is InChI=1S/C17H24N2O3/c1-17(2,3)19-16(21)13-8-6-12(7-9-13)15(20)18-11-14-5-4-10-22-14/h6-9,14H,4-5,10-11H2,1-3H3,(H,18,20)(H,19,21). The van der Waals surface area contributed by atoms with E-state index < -0.39 is 0 Å². The quantitative estimate of drug-likeness (QED) is 0.895. The summed E-state index contributed by atoms with van der Waals surface area (Å²) in [5, 5.41) is 5.75. The van der Waals surface area contributed by atoms with Gasteiger partial charge < -0.3 is 15.4 Å². The molecule has 0 bridgehead atoms. The average Bonchev–Trinajstić information content (AvgIpc) is 2.96. The van der Waals surface area contributed by atoms with Gasteiger partial charge in [0, 0.05) is 29.8 Å². The summed E-state index contributed by atoms with van der Waals surface area (Å²) in [6.07, 6.45) is 2.17. The Labute approximate surface area is 131 Å². The van der Waals surface area contributed by atoms with Crippen molar-refractivity contribution >= 4 is 11.8 Å². The lowest BCUT2D eigenvalue weighted by Crippen LogP contribution is -2.40. The molecular weight excluding hydrogens is 280 g/mol. The van der Waals surface area contributed by atoms with Gasteiger partial charge in [-0.05, 0) is 57.9 Å². The van der Waals surface area contributed by atoms with Crippen LogP contribution in [0.2, 0.25) is 0 Å². The highest BCUT2D eigenvalue weighted by Crippen LogP contribution is 2.11. The summed E-state index contributed by atoms with van der Waals surface area (Å²) in [6, 6.07) is 6.68. The molecule has 1 aromatic carbocycles. The normalized spacial score (nSPS) is 18.0. The fourth-order valence-corrected chi connectivity index (χ4v) is 2.30. The Morgan fingerprint density at radius 1 is 1.14 bits per heavy atom. The smallest absolute Gasteiger partial charge is 0.251 e. The van der Waals surface area contributed by atoms with Crippen LogP contribution in [0.15, 0.2) is 24.3 Å². The van der Waals surface area contributed by atoms with Crippen LogP contribution in [0.25, 0.3) is 0 Å². The van der Waals surface area contributed by atoms with Crippen molar-refractivity contribution in [3.05, 3.63) is 35.4 Å². The van der Waals surface area contributed by atoms with Crippen molar-refractivity contribution in [1.82, 2.24) is 10.6 Å². The predicted octanol–water partition coefficient (Wildman–Crippen LogP) is 2.12. The number of ether oxygens (including phenoxy) is 1. The molecule has 0 saturated carbocycles. The Bertz CT molecular complexity index is 526. The zero-order valence-corrected chi connectivity index (χ0v) is 13.4. The van der Waals surface area contributed by atoms with Gasteiger partial charge >= 0.3 is 0 Å². The Hall–Kier alpha value is -1.88. The highest BCUT2D eigenvalue weighted by Gasteiger charge is 2.18. The number of nitrogens with one attached hydrogen (secondary N) is 2. The highest BCUT2D eigenvalue weighted by atomic mass is 16.5. The lowest BCUT2D eigenvalue weighted by Gasteiger charge is -2.20. The fraction of sp³-hybridized carbons (Fsp3) is 0.529. The zero-order chi connectivity index (χ0) is 16.2. The monoisotopic (exact) mass is 304 g/mol. The third kappa shape index (κ3) is 4.84. The summed E-state index contributed by atoms with van der Waals surface area (Å²) in [4.78, 5) is 24.1. The van der Waals surface area contributed by atoms with Gasteiger partial charge in [0.25, 0.3) is 11.8 Å². The van der Waals surface area contributed by atoms with Crippen molar-refractivity contribution in [2.45, 2.75) is 45.3 Å². The van der Waals surface area contributed by atoms with Gasteiger partial charge in [-0.25, -0.2) is 0 Å². The molecule has 1 unspecified atom stereocenters. The Kier molecular flexibility index (Phi) is 5.19. The predicted molar refractivity (Wildman–Crippen MR) is 85.0 cm³/mol. The van der Waals surface area contributed by atoms with Gasteiger partial charge in [-0.15, -0.1) is 0 Å². The molecule has 5 nitrogen and oxygen atoms in total. The molecule has 1 aliphatic heterocycles. The molecular formula is C17H24N2O3. The van der Waals surface area contributed by atoms with Crippen LogP contribution in [0, 0.1) is 0 Å². The fourth-order valence-electron chi connectivity index (χ4n) is 2.30. The molecule has 120 valence electrons. The van der Waals surface area contributed by atoms with Gasteiger partial charge in [0.15, 0.2) is 0 Å². The molecule has 2 amide bonds. The van der Waals surface area contributed by atoms with E-state index in [2.05, 4.69) is 10.6 Å². The van der Waals surface area contributed by atoms with Crippen LogP contribution in [-0.4, -0.2) is 36.6 Å². The molecule has 2 N–H and O–H groups in total. The molecule has 0 aliphatic carbocycles. The summed E-state index contributed by atoms with van der Waals surface area (Å²) in [5.74, 6) is -0.280. The van der Waals surface area contributed by atoms with Crippen LogP contribution in [0.4, 0.5) is 0 Å². The summed E-state index contributed by atoms with van der Waals surface area (Å²) >= 11 is 0. The molecule has 0 aromatic heterocycles. The van der Waals surface area contributed by atoms with Crippen molar-refractivity contribution in [2.75, 3.05) is 13.2 Å². The molecule has 1 heterocycles. The van der Waals surface area contributed by atoms with Gasteiger partial charge in [0.2, 0.25) is 0 Å². The van der Waals surface area contributed by atoms with Gasteiger partial charge in [0.1, 0.15) is 0 Å². The maximum absolute atomic E-state index is 12.0. The lowest BCUT2D eigenvalue weighted by atomic mass is 10.1. The molecule has 5 heteroatoms. The van der Waals surface area contributed by atoms with Crippen LogP contribution in [0.3, 0.4) is 0 Å². The highest BCUT2D eigenvalue weighted by molar-refractivity contribution is 5.98. The van der Waals surface area contributed by atoms with Gasteiger partial charge in [-0.2, -0.15) is 0 Å². The third-order valence-corrected chi connectivity index (χ3v) is 3.41. The van der Waals surface area contributed by atoms with E-state index in [0.29, 0.717) is 17.7 Å². The maximum Gasteiger partial charge on any atom is 0.251 e. The third-order valence-electron chi connectivity index (χ3n) is 3.41. The summed E-state index contributed by atoms with van der Waals surface area (Å²) in [5.41, 5.74) is 0.810. The number of hydrogen-bond acceptors (Lipinski definition) is 3. The second-order valence-corrected chi connectivity index (χ2v) is 6.63. The number of benzene rings is 1. The zero-order valence-electron chi connectivity index (χ0n) is 13.4. The molecule has 1 saturated heterocycles. The van der Waals surface area contributed by atoms with Crippen LogP contribution in [-0.2, 0) is 4.74 Å². The van der Waals surface area contributed by atoms with E-state index >= 15 is 0 Å². The largest absolute Gasteiger partial charge is 0.376 e. The minimum atomic E-state index is -0.283. The number of rotatable bonds is 4. The van der Waals surface area contributed by atoms with Crippen LogP contribution < -0.4 is 10.6 Å². The first-order valence-electron chi connectivity index (χ1n) is 7.67. The summed E-state index contributed by atoms with van der Waals surface area (Å²) < 4.78 is 5.47. The minimum absolute atomic E-state index is 0.126. The molecule has 2 rings (SSSR count). The van der Waals surface area contributed by atoms with Crippen molar-refractivity contribution in [3.8, 4) is 0 Å². The second-order valence-electron chi connectivity index (χ2n) is 6.63.